The Labute approximate surface area is 199 Å². The molecule has 0 saturated carbocycles. The molecule has 0 bridgehead atoms. The Balaban J connectivity index is 1.41. The Hall–Kier alpha value is -4.10. The number of para-hydroxylation sites is 1. The fourth-order valence-electron chi connectivity index (χ4n) is 4.03. The zero-order valence-corrected chi connectivity index (χ0v) is 19.0. The number of hydrogen-bond acceptors (Lipinski definition) is 5. The summed E-state index contributed by atoms with van der Waals surface area (Å²) in [5.41, 5.74) is 4.46. The van der Waals surface area contributed by atoms with Gasteiger partial charge in [0.2, 0.25) is 0 Å². The van der Waals surface area contributed by atoms with Gasteiger partial charge in [-0.15, -0.1) is 0 Å². The van der Waals surface area contributed by atoms with Gasteiger partial charge in [0.25, 0.3) is 0 Å². The molecule has 1 amide bonds. The standard InChI is InChI=1S/C26H20ClN3O4/c1-2-33-24(31)15-30-21-10-6-5-9-18(21)20(25(30)27)14-28-29-26(32)23-13-19-17-8-4-3-7-16(17)11-12-22(19)34-23/h3-14H,2,15H2,1H3,(H,29,32)/b28-14+. The number of halogens is 1. The first-order chi connectivity index (χ1) is 16.6. The average molecular weight is 474 g/mol. The van der Waals surface area contributed by atoms with Crippen LogP contribution < -0.4 is 5.43 Å². The smallest absolute Gasteiger partial charge is 0.325 e. The summed E-state index contributed by atoms with van der Waals surface area (Å²) in [4.78, 5) is 24.7. The van der Waals surface area contributed by atoms with Gasteiger partial charge in [-0.25, -0.2) is 5.43 Å². The summed E-state index contributed by atoms with van der Waals surface area (Å²) in [5, 5.41) is 8.14. The molecular formula is C26H20ClN3O4. The maximum Gasteiger partial charge on any atom is 0.325 e. The van der Waals surface area contributed by atoms with E-state index in [1.807, 2.05) is 60.7 Å². The highest BCUT2D eigenvalue weighted by molar-refractivity contribution is 6.34. The molecule has 0 radical (unpaired) electrons. The molecule has 34 heavy (non-hydrogen) atoms. The molecule has 170 valence electrons. The second kappa shape index (κ2) is 9.03. The third-order valence-electron chi connectivity index (χ3n) is 5.55. The highest BCUT2D eigenvalue weighted by atomic mass is 35.5. The van der Waals surface area contributed by atoms with Crippen molar-refractivity contribution in [2.45, 2.75) is 13.5 Å². The number of amides is 1. The van der Waals surface area contributed by atoms with Gasteiger partial charge >= 0.3 is 11.9 Å². The van der Waals surface area contributed by atoms with E-state index in [9.17, 15) is 9.59 Å². The van der Waals surface area contributed by atoms with E-state index < -0.39 is 5.91 Å². The quantitative estimate of drug-likeness (QED) is 0.200. The van der Waals surface area contributed by atoms with Crippen LogP contribution in [0.1, 0.15) is 23.0 Å². The van der Waals surface area contributed by atoms with Gasteiger partial charge in [0.1, 0.15) is 17.3 Å². The molecule has 8 heteroatoms. The SMILES string of the molecule is CCOC(=O)Cn1c(Cl)c(/C=N/NC(=O)c2cc3c(ccc4ccccc43)o2)c2ccccc21. The summed E-state index contributed by atoms with van der Waals surface area (Å²) in [6.07, 6.45) is 1.46. The van der Waals surface area contributed by atoms with E-state index in [0.717, 1.165) is 27.1 Å². The summed E-state index contributed by atoms with van der Waals surface area (Å²) in [7, 11) is 0. The van der Waals surface area contributed by atoms with Crippen molar-refractivity contribution < 1.29 is 18.7 Å². The van der Waals surface area contributed by atoms with E-state index in [0.29, 0.717) is 16.3 Å². The molecule has 1 N–H and O–H groups in total. The molecule has 0 aliphatic heterocycles. The van der Waals surface area contributed by atoms with Gasteiger partial charge in [-0.05, 0) is 35.9 Å². The molecule has 0 unspecified atom stereocenters. The Morgan fingerprint density at radius 3 is 2.65 bits per heavy atom. The number of nitrogens with zero attached hydrogens (tertiary/aromatic N) is 2. The van der Waals surface area contributed by atoms with E-state index in [1.54, 1.807) is 17.6 Å². The predicted molar refractivity (Wildman–Crippen MR) is 132 cm³/mol. The van der Waals surface area contributed by atoms with Crippen LogP contribution in [0.4, 0.5) is 0 Å². The molecule has 3 aromatic carbocycles. The number of aromatic nitrogens is 1. The van der Waals surface area contributed by atoms with Gasteiger partial charge in [0.05, 0.1) is 18.3 Å². The van der Waals surface area contributed by atoms with Crippen LogP contribution in [0.2, 0.25) is 5.15 Å². The van der Waals surface area contributed by atoms with Gasteiger partial charge in [-0.2, -0.15) is 5.10 Å². The summed E-state index contributed by atoms with van der Waals surface area (Å²) in [6.45, 7) is 2.01. The molecule has 0 saturated heterocycles. The Bertz CT molecular complexity index is 1580. The average Bonchev–Trinajstić information content (AvgIpc) is 3.40. The second-order valence-electron chi connectivity index (χ2n) is 7.62. The van der Waals surface area contributed by atoms with Gasteiger partial charge in [0, 0.05) is 16.3 Å². The third kappa shape index (κ3) is 3.91. The van der Waals surface area contributed by atoms with Crippen molar-refractivity contribution in [2.24, 2.45) is 5.10 Å². The Morgan fingerprint density at radius 1 is 1.06 bits per heavy atom. The fourth-order valence-corrected chi connectivity index (χ4v) is 4.33. The van der Waals surface area contributed by atoms with Crippen molar-refractivity contribution in [1.29, 1.82) is 0 Å². The number of nitrogens with one attached hydrogen (secondary N) is 1. The van der Waals surface area contributed by atoms with Gasteiger partial charge in [-0.1, -0.05) is 60.1 Å². The molecule has 5 aromatic rings. The molecule has 5 rings (SSSR count). The maximum absolute atomic E-state index is 12.7. The molecule has 0 spiro atoms. The normalized spacial score (nSPS) is 11.6. The van der Waals surface area contributed by atoms with E-state index in [-0.39, 0.29) is 24.9 Å². The van der Waals surface area contributed by atoms with Crippen molar-refractivity contribution in [1.82, 2.24) is 9.99 Å². The fraction of sp³-hybridized carbons (Fsp3) is 0.115. The molecule has 2 aromatic heterocycles. The lowest BCUT2D eigenvalue weighted by atomic mass is 10.1. The number of hydrazone groups is 1. The van der Waals surface area contributed by atoms with Crippen molar-refractivity contribution in [3.8, 4) is 0 Å². The summed E-state index contributed by atoms with van der Waals surface area (Å²) >= 11 is 6.57. The second-order valence-corrected chi connectivity index (χ2v) is 7.98. The first-order valence-electron chi connectivity index (χ1n) is 10.7. The number of rotatable bonds is 6. The monoisotopic (exact) mass is 473 g/mol. The van der Waals surface area contributed by atoms with Crippen LogP contribution in [-0.4, -0.2) is 29.3 Å². The molecule has 0 fully saturated rings. The van der Waals surface area contributed by atoms with Gasteiger partial charge < -0.3 is 13.7 Å². The van der Waals surface area contributed by atoms with Gasteiger partial charge in [0.15, 0.2) is 5.76 Å². The lowest BCUT2D eigenvalue weighted by Crippen LogP contribution is -2.16. The number of esters is 1. The highest BCUT2D eigenvalue weighted by Gasteiger charge is 2.17. The molecule has 7 nitrogen and oxygen atoms in total. The Morgan fingerprint density at radius 2 is 1.82 bits per heavy atom. The van der Waals surface area contributed by atoms with E-state index >= 15 is 0 Å². The number of furan rings is 1. The molecule has 0 aliphatic carbocycles. The first-order valence-corrected chi connectivity index (χ1v) is 11.1. The molecule has 0 aliphatic rings. The Kier molecular flexibility index (Phi) is 5.77. The van der Waals surface area contributed by atoms with Crippen LogP contribution in [0.3, 0.4) is 0 Å². The number of carbonyl (C=O) groups excluding carboxylic acids is 2. The molecule has 0 atom stereocenters. The van der Waals surface area contributed by atoms with Crippen LogP contribution in [0.15, 0.2) is 76.2 Å². The third-order valence-corrected chi connectivity index (χ3v) is 5.95. The molecule has 2 heterocycles. The lowest BCUT2D eigenvalue weighted by molar-refractivity contribution is -0.143. The van der Waals surface area contributed by atoms with Gasteiger partial charge in [-0.3, -0.25) is 9.59 Å². The maximum atomic E-state index is 12.7. The van der Waals surface area contributed by atoms with Crippen molar-refractivity contribution in [3.05, 3.63) is 83.2 Å². The number of hydrogen-bond donors (Lipinski definition) is 1. The minimum Gasteiger partial charge on any atom is -0.465 e. The van der Waals surface area contributed by atoms with Crippen LogP contribution in [0.25, 0.3) is 32.6 Å². The topological polar surface area (TPSA) is 85.8 Å². The van der Waals surface area contributed by atoms with Crippen LogP contribution >= 0.6 is 11.6 Å². The number of fused-ring (bicyclic) bond motifs is 4. The van der Waals surface area contributed by atoms with Crippen LogP contribution in [-0.2, 0) is 16.1 Å². The van der Waals surface area contributed by atoms with Crippen molar-refractivity contribution in [2.75, 3.05) is 6.61 Å². The zero-order chi connectivity index (χ0) is 23.7. The number of ether oxygens (including phenoxy) is 1. The summed E-state index contributed by atoms with van der Waals surface area (Å²) in [6, 6.07) is 20.9. The van der Waals surface area contributed by atoms with E-state index in [4.69, 9.17) is 20.8 Å². The van der Waals surface area contributed by atoms with E-state index in [1.165, 1.54) is 6.21 Å². The molecular weight excluding hydrogens is 454 g/mol. The van der Waals surface area contributed by atoms with Crippen LogP contribution in [0, 0.1) is 0 Å². The summed E-state index contributed by atoms with van der Waals surface area (Å²) < 4.78 is 12.4. The number of benzene rings is 3. The van der Waals surface area contributed by atoms with Crippen molar-refractivity contribution >= 4 is 62.3 Å². The zero-order valence-electron chi connectivity index (χ0n) is 18.2. The van der Waals surface area contributed by atoms with E-state index in [2.05, 4.69) is 10.5 Å². The minimum absolute atomic E-state index is 0.0275. The largest absolute Gasteiger partial charge is 0.465 e. The summed E-state index contributed by atoms with van der Waals surface area (Å²) in [5.74, 6) is -0.721. The van der Waals surface area contributed by atoms with Crippen LogP contribution in [0.5, 0.6) is 0 Å². The number of carbonyl (C=O) groups is 2. The highest BCUT2D eigenvalue weighted by Crippen LogP contribution is 2.30. The predicted octanol–water partition coefficient (Wildman–Crippen LogP) is 5.52. The van der Waals surface area contributed by atoms with Crippen molar-refractivity contribution in [3.63, 3.8) is 0 Å². The minimum atomic E-state index is -0.483. The lowest BCUT2D eigenvalue weighted by Gasteiger charge is -2.06. The first kappa shape index (κ1) is 21.7.